The van der Waals surface area contributed by atoms with Gasteiger partial charge in [0.15, 0.2) is 5.75 Å². The zero-order valence-electron chi connectivity index (χ0n) is 11.5. The molecular weight excluding hydrogens is 244 g/mol. The Kier molecular flexibility index (Phi) is 5.85. The zero-order chi connectivity index (χ0) is 14.3. The summed E-state index contributed by atoms with van der Waals surface area (Å²) in [5.74, 6) is 0.187. The summed E-state index contributed by atoms with van der Waals surface area (Å²) >= 11 is 0. The second kappa shape index (κ2) is 7.41. The van der Waals surface area contributed by atoms with E-state index in [0.717, 1.165) is 12.8 Å². The Labute approximate surface area is 113 Å². The number of ether oxygens (including phenoxy) is 1. The molecule has 1 rings (SSSR count). The molecule has 104 valence electrons. The summed E-state index contributed by atoms with van der Waals surface area (Å²) in [4.78, 5) is 23.2. The van der Waals surface area contributed by atoms with Gasteiger partial charge in [0.05, 0.1) is 5.69 Å². The van der Waals surface area contributed by atoms with Gasteiger partial charge in [-0.05, 0) is 18.6 Å². The Morgan fingerprint density at radius 2 is 2.00 bits per heavy atom. The lowest BCUT2D eigenvalue weighted by Crippen LogP contribution is -2.24. The molecule has 0 aromatic heterocycles. The van der Waals surface area contributed by atoms with Crippen LogP contribution in [0.5, 0.6) is 5.75 Å². The molecule has 0 spiro atoms. The van der Waals surface area contributed by atoms with Gasteiger partial charge in [0.2, 0.25) is 5.91 Å². The third kappa shape index (κ3) is 4.62. The minimum Gasteiger partial charge on any atom is -0.408 e. The number of carbonyl (C=O) groups is 2. The van der Waals surface area contributed by atoms with Crippen LogP contribution in [0.25, 0.3) is 0 Å². The first kappa shape index (κ1) is 15.0. The molecule has 1 aromatic carbocycles. The number of nitrogens with one attached hydrogen (secondary N) is 2. The lowest BCUT2D eigenvalue weighted by molar-refractivity contribution is -0.119. The van der Waals surface area contributed by atoms with E-state index in [2.05, 4.69) is 10.6 Å². The quantitative estimate of drug-likeness (QED) is 0.859. The topological polar surface area (TPSA) is 67.4 Å². The molecule has 0 heterocycles. The van der Waals surface area contributed by atoms with Gasteiger partial charge in [-0.3, -0.25) is 4.79 Å². The third-order valence-electron chi connectivity index (χ3n) is 2.72. The maximum Gasteiger partial charge on any atom is 0.412 e. The minimum atomic E-state index is -0.566. The molecule has 0 saturated heterocycles. The standard InChI is InChI=1S/C14H20N2O3/c1-4-7-10(2)13(17)16-11-8-5-6-9-12(11)19-14(18)15-3/h5-6,8-10H,4,7H2,1-3H3,(H,15,18)(H,16,17). The summed E-state index contributed by atoms with van der Waals surface area (Å²) in [5.41, 5.74) is 0.499. The average molecular weight is 264 g/mol. The number of anilines is 1. The van der Waals surface area contributed by atoms with Crippen LogP contribution < -0.4 is 15.4 Å². The highest BCUT2D eigenvalue weighted by Crippen LogP contribution is 2.24. The van der Waals surface area contributed by atoms with E-state index in [9.17, 15) is 9.59 Å². The van der Waals surface area contributed by atoms with Gasteiger partial charge in [-0.25, -0.2) is 4.79 Å². The minimum absolute atomic E-state index is 0.0712. The molecule has 2 amide bonds. The van der Waals surface area contributed by atoms with Crippen molar-refractivity contribution < 1.29 is 14.3 Å². The third-order valence-corrected chi connectivity index (χ3v) is 2.72. The number of hydrogen-bond acceptors (Lipinski definition) is 3. The molecule has 0 saturated carbocycles. The van der Waals surface area contributed by atoms with Crippen molar-refractivity contribution in [2.75, 3.05) is 12.4 Å². The molecule has 0 aliphatic carbocycles. The van der Waals surface area contributed by atoms with Crippen molar-refractivity contribution >= 4 is 17.7 Å². The Morgan fingerprint density at radius 3 is 2.63 bits per heavy atom. The molecule has 0 aliphatic rings. The van der Waals surface area contributed by atoms with E-state index >= 15 is 0 Å². The monoisotopic (exact) mass is 264 g/mol. The molecule has 19 heavy (non-hydrogen) atoms. The highest BCUT2D eigenvalue weighted by molar-refractivity contribution is 5.94. The van der Waals surface area contributed by atoms with Crippen LogP contribution in [0.15, 0.2) is 24.3 Å². The smallest absolute Gasteiger partial charge is 0.408 e. The first-order valence-corrected chi connectivity index (χ1v) is 6.38. The summed E-state index contributed by atoms with van der Waals surface area (Å²) in [5, 5.41) is 5.14. The lowest BCUT2D eigenvalue weighted by Gasteiger charge is -2.14. The highest BCUT2D eigenvalue weighted by Gasteiger charge is 2.15. The van der Waals surface area contributed by atoms with Crippen molar-refractivity contribution in [1.82, 2.24) is 5.32 Å². The summed E-state index contributed by atoms with van der Waals surface area (Å²) in [6.45, 7) is 3.91. The van der Waals surface area contributed by atoms with Crippen LogP contribution in [0, 0.1) is 5.92 Å². The second-order valence-electron chi connectivity index (χ2n) is 4.31. The number of hydrogen-bond donors (Lipinski definition) is 2. The molecule has 1 atom stereocenters. The fourth-order valence-corrected chi connectivity index (χ4v) is 1.63. The molecule has 5 nitrogen and oxygen atoms in total. The van der Waals surface area contributed by atoms with E-state index in [1.807, 2.05) is 13.8 Å². The highest BCUT2D eigenvalue weighted by atomic mass is 16.6. The molecule has 1 unspecified atom stereocenters. The Hall–Kier alpha value is -2.04. The van der Waals surface area contributed by atoms with Crippen LogP contribution in [0.3, 0.4) is 0 Å². The summed E-state index contributed by atoms with van der Waals surface area (Å²) in [6.07, 6.45) is 1.21. The van der Waals surface area contributed by atoms with Crippen molar-refractivity contribution in [3.63, 3.8) is 0 Å². The molecule has 1 aromatic rings. The largest absolute Gasteiger partial charge is 0.412 e. The number of para-hydroxylation sites is 2. The van der Waals surface area contributed by atoms with Crippen LogP contribution in [0.4, 0.5) is 10.5 Å². The van der Waals surface area contributed by atoms with E-state index in [-0.39, 0.29) is 11.8 Å². The summed E-state index contributed by atoms with van der Waals surface area (Å²) in [6, 6.07) is 6.85. The van der Waals surface area contributed by atoms with E-state index in [0.29, 0.717) is 11.4 Å². The molecule has 5 heteroatoms. The number of rotatable bonds is 5. The summed E-state index contributed by atoms with van der Waals surface area (Å²) in [7, 11) is 1.48. The maximum atomic E-state index is 11.9. The first-order valence-electron chi connectivity index (χ1n) is 6.38. The van der Waals surface area contributed by atoms with E-state index in [4.69, 9.17) is 4.74 Å². The zero-order valence-corrected chi connectivity index (χ0v) is 11.5. The number of amides is 2. The Balaban J connectivity index is 2.77. The summed E-state index contributed by atoms with van der Waals surface area (Å²) < 4.78 is 5.07. The van der Waals surface area contributed by atoms with Crippen molar-refractivity contribution in [2.45, 2.75) is 26.7 Å². The van der Waals surface area contributed by atoms with Crippen molar-refractivity contribution in [3.8, 4) is 5.75 Å². The average Bonchev–Trinajstić information content (AvgIpc) is 2.41. The van der Waals surface area contributed by atoms with Crippen LogP contribution in [0.1, 0.15) is 26.7 Å². The molecule has 0 aliphatic heterocycles. The van der Waals surface area contributed by atoms with E-state index in [1.54, 1.807) is 24.3 Å². The Bertz CT molecular complexity index is 446. The van der Waals surface area contributed by atoms with E-state index in [1.165, 1.54) is 7.05 Å². The molecule has 2 N–H and O–H groups in total. The van der Waals surface area contributed by atoms with Crippen molar-refractivity contribution in [1.29, 1.82) is 0 Å². The van der Waals surface area contributed by atoms with Gasteiger partial charge in [-0.1, -0.05) is 32.4 Å². The van der Waals surface area contributed by atoms with Gasteiger partial charge in [0.25, 0.3) is 0 Å². The van der Waals surface area contributed by atoms with Crippen LogP contribution in [-0.4, -0.2) is 19.0 Å². The van der Waals surface area contributed by atoms with Crippen LogP contribution in [0.2, 0.25) is 0 Å². The number of benzene rings is 1. The predicted molar refractivity (Wildman–Crippen MR) is 74.2 cm³/mol. The molecule has 0 bridgehead atoms. The van der Waals surface area contributed by atoms with Crippen LogP contribution in [-0.2, 0) is 4.79 Å². The van der Waals surface area contributed by atoms with Crippen molar-refractivity contribution in [2.24, 2.45) is 5.92 Å². The van der Waals surface area contributed by atoms with Gasteiger partial charge >= 0.3 is 6.09 Å². The van der Waals surface area contributed by atoms with Crippen LogP contribution >= 0.6 is 0 Å². The van der Waals surface area contributed by atoms with Gasteiger partial charge in [-0.2, -0.15) is 0 Å². The first-order chi connectivity index (χ1) is 9.08. The second-order valence-corrected chi connectivity index (χ2v) is 4.31. The van der Waals surface area contributed by atoms with Gasteiger partial charge in [-0.15, -0.1) is 0 Å². The normalized spacial score (nSPS) is 11.5. The van der Waals surface area contributed by atoms with Gasteiger partial charge in [0.1, 0.15) is 0 Å². The predicted octanol–water partition coefficient (Wildman–Crippen LogP) is 2.78. The van der Waals surface area contributed by atoms with Crippen molar-refractivity contribution in [3.05, 3.63) is 24.3 Å². The molecular formula is C14H20N2O3. The lowest BCUT2D eigenvalue weighted by atomic mass is 10.1. The Morgan fingerprint density at radius 1 is 1.32 bits per heavy atom. The fourth-order valence-electron chi connectivity index (χ4n) is 1.63. The maximum absolute atomic E-state index is 11.9. The van der Waals surface area contributed by atoms with Gasteiger partial charge in [0, 0.05) is 13.0 Å². The molecule has 0 radical (unpaired) electrons. The fraction of sp³-hybridized carbons (Fsp3) is 0.429. The van der Waals surface area contributed by atoms with Gasteiger partial charge < -0.3 is 15.4 Å². The van der Waals surface area contributed by atoms with E-state index < -0.39 is 6.09 Å². The number of carbonyl (C=O) groups excluding carboxylic acids is 2. The SMILES string of the molecule is CCCC(C)C(=O)Nc1ccccc1OC(=O)NC. The molecule has 0 fully saturated rings.